The van der Waals surface area contributed by atoms with E-state index in [2.05, 4.69) is 21.2 Å². The van der Waals surface area contributed by atoms with Gasteiger partial charge in [0.2, 0.25) is 5.75 Å². The van der Waals surface area contributed by atoms with Crippen molar-refractivity contribution in [2.24, 2.45) is 0 Å². The summed E-state index contributed by atoms with van der Waals surface area (Å²) >= 11 is 3.06. The van der Waals surface area contributed by atoms with E-state index in [9.17, 15) is 23.7 Å². The summed E-state index contributed by atoms with van der Waals surface area (Å²) in [6.07, 6.45) is 0. The molecule has 0 bridgehead atoms. The fourth-order valence-corrected chi connectivity index (χ4v) is 2.21. The number of hydrogen-bond donors (Lipinski definition) is 2. The molecule has 2 aromatic rings. The molecule has 2 rings (SSSR count). The summed E-state index contributed by atoms with van der Waals surface area (Å²) in [5.74, 6) is -3.86. The average molecular weight is 403 g/mol. The molecule has 0 unspecified atom stereocenters. The fraction of sp³-hybridized carbons (Fsp3) is 0.0714. The molecule has 0 aromatic heterocycles. The Kier molecular flexibility index (Phi) is 5.29. The highest BCUT2D eigenvalue weighted by molar-refractivity contribution is 9.10. The van der Waals surface area contributed by atoms with Crippen LogP contribution in [-0.4, -0.2) is 22.5 Å². The molecule has 0 atom stereocenters. The van der Waals surface area contributed by atoms with E-state index in [1.54, 1.807) is 0 Å². The molecule has 24 heavy (non-hydrogen) atoms. The van der Waals surface area contributed by atoms with Gasteiger partial charge >= 0.3 is 11.7 Å². The standard InChI is InChI=1S/C14H9BrF2N2O5/c15-8-2-3-10(18-6-12(20)21)13(19(22)23)14(8)24-11-4-1-7(16)5-9(11)17/h1-5,18H,6H2,(H,20,21). The summed E-state index contributed by atoms with van der Waals surface area (Å²) < 4.78 is 32.0. The number of hydrogen-bond acceptors (Lipinski definition) is 5. The molecule has 0 heterocycles. The second-order valence-electron chi connectivity index (χ2n) is 4.45. The summed E-state index contributed by atoms with van der Waals surface area (Å²) in [5.41, 5.74) is -0.711. The van der Waals surface area contributed by atoms with E-state index in [0.29, 0.717) is 6.07 Å². The number of carboxylic acid groups (broad SMARTS) is 1. The van der Waals surface area contributed by atoms with E-state index in [4.69, 9.17) is 9.84 Å². The molecule has 0 saturated carbocycles. The lowest BCUT2D eigenvalue weighted by molar-refractivity contribution is -0.384. The Balaban J connectivity index is 2.49. The number of carbonyl (C=O) groups is 1. The number of nitro benzene ring substituents is 1. The van der Waals surface area contributed by atoms with Crippen molar-refractivity contribution >= 4 is 33.3 Å². The number of anilines is 1. The van der Waals surface area contributed by atoms with Crippen LogP contribution in [-0.2, 0) is 4.79 Å². The van der Waals surface area contributed by atoms with Crippen LogP contribution in [0, 0.1) is 21.7 Å². The third kappa shape index (κ3) is 3.96. The van der Waals surface area contributed by atoms with Gasteiger partial charge in [-0.1, -0.05) is 0 Å². The van der Waals surface area contributed by atoms with Crippen molar-refractivity contribution < 1.29 is 28.3 Å². The molecule has 0 fully saturated rings. The largest absolute Gasteiger partial charge is 0.480 e. The van der Waals surface area contributed by atoms with Crippen molar-refractivity contribution in [1.29, 1.82) is 0 Å². The Labute approximate surface area is 142 Å². The molecule has 0 saturated heterocycles. The molecule has 2 N–H and O–H groups in total. The summed E-state index contributed by atoms with van der Waals surface area (Å²) in [6.45, 7) is -0.563. The monoisotopic (exact) mass is 402 g/mol. The summed E-state index contributed by atoms with van der Waals surface area (Å²) in [4.78, 5) is 21.1. The molecule has 0 aliphatic carbocycles. The van der Waals surface area contributed by atoms with Gasteiger partial charge in [-0.2, -0.15) is 0 Å². The Hall–Kier alpha value is -2.75. The molecule has 2 aromatic carbocycles. The summed E-state index contributed by atoms with van der Waals surface area (Å²) in [6, 6.07) is 5.14. The molecule has 0 aliphatic heterocycles. The molecule has 10 heteroatoms. The van der Waals surface area contributed by atoms with E-state index in [1.165, 1.54) is 12.1 Å². The molecule has 0 aliphatic rings. The van der Waals surface area contributed by atoms with Gasteiger partial charge in [0.25, 0.3) is 0 Å². The highest BCUT2D eigenvalue weighted by atomic mass is 79.9. The molecule has 126 valence electrons. The van der Waals surface area contributed by atoms with Gasteiger partial charge in [-0.05, 0) is 40.2 Å². The first kappa shape index (κ1) is 17.6. The summed E-state index contributed by atoms with van der Waals surface area (Å²) in [5, 5.41) is 22.4. The maximum atomic E-state index is 13.7. The zero-order valence-corrected chi connectivity index (χ0v) is 13.3. The number of halogens is 3. The minimum absolute atomic E-state index is 0.122. The Morgan fingerprint density at radius 3 is 2.62 bits per heavy atom. The number of benzene rings is 2. The normalized spacial score (nSPS) is 10.3. The third-order valence-corrected chi connectivity index (χ3v) is 3.43. The van der Waals surface area contributed by atoms with E-state index < -0.39 is 40.5 Å². The second kappa shape index (κ2) is 7.21. The van der Waals surface area contributed by atoms with Crippen molar-refractivity contribution in [3.05, 3.63) is 56.6 Å². The molecule has 7 nitrogen and oxygen atoms in total. The molecular weight excluding hydrogens is 394 g/mol. The maximum Gasteiger partial charge on any atom is 0.335 e. The minimum atomic E-state index is -1.22. The maximum absolute atomic E-state index is 13.7. The third-order valence-electron chi connectivity index (χ3n) is 2.80. The van der Waals surface area contributed by atoms with Crippen molar-refractivity contribution in [2.45, 2.75) is 0 Å². The van der Waals surface area contributed by atoms with E-state index in [0.717, 1.165) is 12.1 Å². The van der Waals surface area contributed by atoms with Crippen LogP contribution in [0.2, 0.25) is 0 Å². The van der Waals surface area contributed by atoms with Gasteiger partial charge in [-0.25, -0.2) is 8.78 Å². The topological polar surface area (TPSA) is 102 Å². The van der Waals surface area contributed by atoms with Crippen LogP contribution in [0.3, 0.4) is 0 Å². The highest BCUT2D eigenvalue weighted by Crippen LogP contribution is 2.43. The fourth-order valence-electron chi connectivity index (χ4n) is 1.81. The lowest BCUT2D eigenvalue weighted by Crippen LogP contribution is -2.13. The van der Waals surface area contributed by atoms with Crippen LogP contribution in [0.25, 0.3) is 0 Å². The summed E-state index contributed by atoms with van der Waals surface area (Å²) in [7, 11) is 0. The van der Waals surface area contributed by atoms with E-state index in [1.807, 2.05) is 0 Å². The van der Waals surface area contributed by atoms with Gasteiger partial charge < -0.3 is 15.2 Å². The number of nitrogens with one attached hydrogen (secondary N) is 1. The zero-order valence-electron chi connectivity index (χ0n) is 11.8. The van der Waals surface area contributed by atoms with Gasteiger partial charge in [0.1, 0.15) is 18.0 Å². The van der Waals surface area contributed by atoms with Crippen molar-refractivity contribution in [1.82, 2.24) is 0 Å². The lowest BCUT2D eigenvalue weighted by Gasteiger charge is -2.12. The first-order valence-corrected chi connectivity index (χ1v) is 7.14. The Bertz CT molecular complexity index is 816. The molecule has 0 spiro atoms. The van der Waals surface area contributed by atoms with Crippen molar-refractivity contribution in [2.75, 3.05) is 11.9 Å². The smallest absolute Gasteiger partial charge is 0.335 e. The van der Waals surface area contributed by atoms with Crippen LogP contribution in [0.1, 0.15) is 0 Å². The quantitative estimate of drug-likeness (QED) is 0.560. The van der Waals surface area contributed by atoms with Crippen molar-refractivity contribution in [3.8, 4) is 11.5 Å². The molecular formula is C14H9BrF2N2O5. The minimum Gasteiger partial charge on any atom is -0.480 e. The number of aliphatic carboxylic acids is 1. The predicted octanol–water partition coefficient (Wildman–Crippen LogP) is 3.92. The van der Waals surface area contributed by atoms with Crippen LogP contribution in [0.4, 0.5) is 20.2 Å². The first-order chi connectivity index (χ1) is 11.3. The van der Waals surface area contributed by atoms with Gasteiger partial charge in [0.15, 0.2) is 11.6 Å². The van der Waals surface area contributed by atoms with Crippen molar-refractivity contribution in [3.63, 3.8) is 0 Å². The van der Waals surface area contributed by atoms with Crippen LogP contribution in [0.15, 0.2) is 34.8 Å². The zero-order chi connectivity index (χ0) is 17.9. The SMILES string of the molecule is O=C(O)CNc1ccc(Br)c(Oc2ccc(F)cc2F)c1[N+](=O)[O-]. The highest BCUT2D eigenvalue weighted by Gasteiger charge is 2.26. The van der Waals surface area contributed by atoms with Gasteiger partial charge in [0, 0.05) is 6.07 Å². The average Bonchev–Trinajstić information content (AvgIpc) is 2.49. The first-order valence-electron chi connectivity index (χ1n) is 6.35. The number of nitro groups is 1. The van der Waals surface area contributed by atoms with Crippen LogP contribution < -0.4 is 10.1 Å². The number of carboxylic acids is 1. The Morgan fingerprint density at radius 1 is 1.33 bits per heavy atom. The predicted molar refractivity (Wildman–Crippen MR) is 83.4 cm³/mol. The lowest BCUT2D eigenvalue weighted by atomic mass is 10.2. The van der Waals surface area contributed by atoms with Gasteiger partial charge in [-0.15, -0.1) is 0 Å². The molecule has 0 amide bonds. The van der Waals surface area contributed by atoms with Gasteiger partial charge in [0.05, 0.1) is 9.40 Å². The van der Waals surface area contributed by atoms with Crippen LogP contribution in [0.5, 0.6) is 11.5 Å². The van der Waals surface area contributed by atoms with E-state index >= 15 is 0 Å². The number of nitrogens with zero attached hydrogens (tertiary/aromatic N) is 1. The number of rotatable bonds is 6. The Morgan fingerprint density at radius 2 is 2.04 bits per heavy atom. The van der Waals surface area contributed by atoms with Gasteiger partial charge in [-0.3, -0.25) is 14.9 Å². The van der Waals surface area contributed by atoms with Crippen LogP contribution >= 0.6 is 15.9 Å². The molecule has 0 radical (unpaired) electrons. The number of ether oxygens (including phenoxy) is 1. The second-order valence-corrected chi connectivity index (χ2v) is 5.31. The van der Waals surface area contributed by atoms with E-state index in [-0.39, 0.29) is 15.9 Å².